The molecule has 0 radical (unpaired) electrons. The Hall–Kier alpha value is -1.07. The zero-order valence-corrected chi connectivity index (χ0v) is 12.4. The molecule has 0 unspecified atom stereocenters. The maximum absolute atomic E-state index is 12.2. The summed E-state index contributed by atoms with van der Waals surface area (Å²) in [7, 11) is -3.48. The van der Waals surface area contributed by atoms with E-state index in [9.17, 15) is 8.42 Å². The van der Waals surface area contributed by atoms with E-state index in [2.05, 4.69) is 4.72 Å². The van der Waals surface area contributed by atoms with E-state index in [1.807, 2.05) is 13.8 Å². The molecule has 0 spiro atoms. The summed E-state index contributed by atoms with van der Waals surface area (Å²) in [5, 5.41) is 0. The molecule has 0 amide bonds. The van der Waals surface area contributed by atoms with Crippen LogP contribution in [-0.2, 0) is 10.0 Å². The number of nitrogens with two attached hydrogens (primary N) is 1. The first kappa shape index (κ1) is 14.3. The minimum atomic E-state index is -3.48. The van der Waals surface area contributed by atoms with Crippen molar-refractivity contribution in [2.45, 2.75) is 44.4 Å². The van der Waals surface area contributed by atoms with E-state index >= 15 is 0 Å². The summed E-state index contributed by atoms with van der Waals surface area (Å²) in [5.41, 5.74) is 8.08. The minimum Gasteiger partial charge on any atom is -0.398 e. The van der Waals surface area contributed by atoms with Gasteiger partial charge in [0.25, 0.3) is 0 Å². The first-order valence-electron chi connectivity index (χ1n) is 6.76. The number of nitrogen functional groups attached to an aromatic ring is 1. The van der Waals surface area contributed by atoms with Crippen molar-refractivity contribution in [2.75, 3.05) is 12.3 Å². The number of anilines is 1. The van der Waals surface area contributed by atoms with E-state index < -0.39 is 10.0 Å². The van der Waals surface area contributed by atoms with Crippen LogP contribution < -0.4 is 10.5 Å². The summed E-state index contributed by atoms with van der Waals surface area (Å²) in [6, 6.07) is 3.36. The maximum atomic E-state index is 12.2. The van der Waals surface area contributed by atoms with Crippen molar-refractivity contribution in [3.05, 3.63) is 23.3 Å². The van der Waals surface area contributed by atoms with Crippen molar-refractivity contribution in [1.82, 2.24) is 4.72 Å². The molecule has 0 atom stereocenters. The van der Waals surface area contributed by atoms with E-state index in [1.54, 1.807) is 12.1 Å². The van der Waals surface area contributed by atoms with Gasteiger partial charge in [0.15, 0.2) is 0 Å². The summed E-state index contributed by atoms with van der Waals surface area (Å²) in [6.07, 6.45) is 4.62. The third kappa shape index (κ3) is 3.70. The van der Waals surface area contributed by atoms with Crippen LogP contribution in [-0.4, -0.2) is 15.0 Å². The van der Waals surface area contributed by atoms with Gasteiger partial charge in [0.1, 0.15) is 4.90 Å². The molecule has 0 aromatic heterocycles. The van der Waals surface area contributed by atoms with Gasteiger partial charge >= 0.3 is 0 Å². The Bertz CT molecular complexity index is 563. The Morgan fingerprint density at radius 3 is 2.53 bits per heavy atom. The third-order valence-electron chi connectivity index (χ3n) is 3.69. The lowest BCUT2D eigenvalue weighted by atomic mass is 10.1. The van der Waals surface area contributed by atoms with Gasteiger partial charge in [0, 0.05) is 6.54 Å². The Labute approximate surface area is 115 Å². The molecule has 0 bridgehead atoms. The molecule has 1 aliphatic rings. The summed E-state index contributed by atoms with van der Waals surface area (Å²) >= 11 is 0. The van der Waals surface area contributed by atoms with E-state index in [0.717, 1.165) is 29.9 Å². The first-order valence-corrected chi connectivity index (χ1v) is 8.25. The lowest BCUT2D eigenvalue weighted by molar-refractivity contribution is 0.573. The molecule has 1 fully saturated rings. The zero-order valence-electron chi connectivity index (χ0n) is 11.6. The predicted octanol–water partition coefficient (Wildman–Crippen LogP) is 2.35. The smallest absolute Gasteiger partial charge is 0.242 e. The van der Waals surface area contributed by atoms with Crippen LogP contribution in [0.25, 0.3) is 0 Å². The lowest BCUT2D eigenvalue weighted by Gasteiger charge is -2.11. The summed E-state index contributed by atoms with van der Waals surface area (Å²) in [4.78, 5) is 0.196. The van der Waals surface area contributed by atoms with Crippen LogP contribution in [0.5, 0.6) is 0 Å². The Morgan fingerprint density at radius 2 is 1.89 bits per heavy atom. The molecule has 5 heteroatoms. The predicted molar refractivity (Wildman–Crippen MR) is 77.5 cm³/mol. The molecular formula is C14H22N2O2S. The lowest BCUT2D eigenvalue weighted by Crippen LogP contribution is -2.26. The standard InChI is InChI=1S/C14H22N2O2S/c1-10-8-13(15)14(9-11(10)2)19(17,18)16-7-3-4-12-5-6-12/h8-9,12,16H,3-7,15H2,1-2H3. The highest BCUT2D eigenvalue weighted by atomic mass is 32.2. The average Bonchev–Trinajstić information content (AvgIpc) is 3.13. The molecule has 3 N–H and O–H groups in total. The van der Waals surface area contributed by atoms with Crippen LogP contribution in [0.4, 0.5) is 5.69 Å². The van der Waals surface area contributed by atoms with Gasteiger partial charge in [0.05, 0.1) is 5.69 Å². The van der Waals surface area contributed by atoms with Crippen LogP contribution in [0.15, 0.2) is 17.0 Å². The van der Waals surface area contributed by atoms with Crippen molar-refractivity contribution >= 4 is 15.7 Å². The SMILES string of the molecule is Cc1cc(N)c(S(=O)(=O)NCCCC2CC2)cc1C. The monoisotopic (exact) mass is 282 g/mol. The third-order valence-corrected chi connectivity index (χ3v) is 5.21. The van der Waals surface area contributed by atoms with E-state index in [-0.39, 0.29) is 4.90 Å². The highest BCUT2D eigenvalue weighted by molar-refractivity contribution is 7.89. The highest BCUT2D eigenvalue weighted by Gasteiger charge is 2.21. The molecule has 2 rings (SSSR count). The van der Waals surface area contributed by atoms with E-state index in [4.69, 9.17) is 5.73 Å². The Balaban J connectivity index is 2.03. The van der Waals surface area contributed by atoms with Crippen LogP contribution in [0, 0.1) is 19.8 Å². The molecule has 0 aliphatic heterocycles. The Kier molecular flexibility index (Phi) is 4.16. The van der Waals surface area contributed by atoms with Gasteiger partial charge in [-0.25, -0.2) is 13.1 Å². The summed E-state index contributed by atoms with van der Waals surface area (Å²) in [6.45, 7) is 4.30. The second-order valence-corrected chi connectivity index (χ2v) is 7.19. The van der Waals surface area contributed by atoms with E-state index in [1.165, 1.54) is 12.8 Å². The van der Waals surface area contributed by atoms with Gasteiger partial charge < -0.3 is 5.73 Å². The maximum Gasteiger partial charge on any atom is 0.242 e. The van der Waals surface area contributed by atoms with Crippen molar-refractivity contribution in [1.29, 1.82) is 0 Å². The Morgan fingerprint density at radius 1 is 1.26 bits per heavy atom. The molecule has 4 nitrogen and oxygen atoms in total. The molecule has 19 heavy (non-hydrogen) atoms. The van der Waals surface area contributed by atoms with Crippen LogP contribution >= 0.6 is 0 Å². The van der Waals surface area contributed by atoms with Gasteiger partial charge in [-0.15, -0.1) is 0 Å². The van der Waals surface area contributed by atoms with Gasteiger partial charge in [-0.2, -0.15) is 0 Å². The van der Waals surface area contributed by atoms with Crippen LogP contribution in [0.3, 0.4) is 0 Å². The van der Waals surface area contributed by atoms with Gasteiger partial charge in [0.2, 0.25) is 10.0 Å². The summed E-state index contributed by atoms with van der Waals surface area (Å²) < 4.78 is 27.0. The fraction of sp³-hybridized carbons (Fsp3) is 0.571. The number of benzene rings is 1. The van der Waals surface area contributed by atoms with Crippen molar-refractivity contribution in [3.63, 3.8) is 0 Å². The first-order chi connectivity index (χ1) is 8.90. The van der Waals surface area contributed by atoms with Crippen LogP contribution in [0.2, 0.25) is 0 Å². The van der Waals surface area contributed by atoms with Gasteiger partial charge in [-0.05, 0) is 55.9 Å². The largest absolute Gasteiger partial charge is 0.398 e. The molecule has 1 aromatic carbocycles. The normalized spacial score (nSPS) is 15.7. The molecule has 1 aromatic rings. The number of hydrogen-bond acceptors (Lipinski definition) is 3. The second-order valence-electron chi connectivity index (χ2n) is 5.46. The molecule has 1 saturated carbocycles. The molecule has 106 valence electrons. The topological polar surface area (TPSA) is 72.2 Å². The number of hydrogen-bond donors (Lipinski definition) is 2. The van der Waals surface area contributed by atoms with Crippen molar-refractivity contribution < 1.29 is 8.42 Å². The summed E-state index contributed by atoms with van der Waals surface area (Å²) in [5.74, 6) is 0.830. The highest BCUT2D eigenvalue weighted by Crippen LogP contribution is 2.33. The quantitative estimate of drug-likeness (QED) is 0.621. The van der Waals surface area contributed by atoms with Gasteiger partial charge in [-0.3, -0.25) is 0 Å². The minimum absolute atomic E-state index is 0.196. The fourth-order valence-corrected chi connectivity index (χ4v) is 3.40. The fourth-order valence-electron chi connectivity index (χ4n) is 2.13. The molecule has 1 aliphatic carbocycles. The number of sulfonamides is 1. The zero-order chi connectivity index (χ0) is 14.0. The molecule has 0 saturated heterocycles. The molecular weight excluding hydrogens is 260 g/mol. The number of nitrogens with one attached hydrogen (secondary N) is 1. The van der Waals surface area contributed by atoms with E-state index in [0.29, 0.717) is 12.2 Å². The van der Waals surface area contributed by atoms with Crippen molar-refractivity contribution in [2.24, 2.45) is 5.92 Å². The van der Waals surface area contributed by atoms with Gasteiger partial charge in [-0.1, -0.05) is 12.8 Å². The van der Waals surface area contributed by atoms with Crippen LogP contribution in [0.1, 0.15) is 36.8 Å². The number of aryl methyl sites for hydroxylation is 2. The average molecular weight is 282 g/mol. The number of rotatable bonds is 6. The van der Waals surface area contributed by atoms with Crippen molar-refractivity contribution in [3.8, 4) is 0 Å². The molecule has 0 heterocycles. The second kappa shape index (κ2) is 5.51.